The Morgan fingerprint density at radius 2 is 1.49 bits per heavy atom. The summed E-state index contributed by atoms with van der Waals surface area (Å²) in [6.07, 6.45) is 20.2. The molecule has 1 aromatic carbocycles. The molecule has 16 atom stereocenters. The van der Waals surface area contributed by atoms with E-state index in [9.17, 15) is 49.2 Å². The lowest BCUT2D eigenvalue weighted by atomic mass is 9.78. The SMILES string of the molecule is CO[C@H]1C[C@@H]2CC[C@@H](C)[C@@](O)(O2)C(=O)C(=O)N2CCCC[C@H]2C(=O)O[C@H]([C@H](C)C[C@@H]2CC[C@@H](O)[C@H](OC)C2)C[C@@H](O)[C@H](C)/C=C(\C)[C@@H](O)[C@@H](OC)C(=NOCC(=O)CCc2cnc(N3CCN(C(=O)CCOCCN4CCN(c5ncc(C(=O)NCCCCn6nc(-c7ccc8oc(N)nc8c7)c7c(N)ncnc76)cn5)CC4)CC3)nc2)[C@H](C)C[C@H](C)/C=C/C=C/C=C/1C. The molecule has 1 saturated carbocycles. The Hall–Kier alpha value is -10.2. The number of carbonyl (C=O) groups is 6. The number of nitrogens with two attached hydrogens (primary N) is 2. The van der Waals surface area contributed by atoms with Crippen LogP contribution in [0.5, 0.6) is 0 Å². The third-order valence-electron chi connectivity index (χ3n) is 26.3. The monoisotopic (exact) mass is 1790 g/mol. The van der Waals surface area contributed by atoms with E-state index in [0.717, 1.165) is 29.8 Å². The van der Waals surface area contributed by atoms with Crippen molar-refractivity contribution in [2.45, 2.75) is 225 Å². The Labute approximate surface area is 754 Å². The number of aryl methyl sites for hydroxylation is 2. The van der Waals surface area contributed by atoms with E-state index in [4.69, 9.17) is 54.2 Å². The van der Waals surface area contributed by atoms with Gasteiger partial charge in [0.15, 0.2) is 23.6 Å². The molecule has 5 aliphatic heterocycles. The molecule has 5 fully saturated rings. The van der Waals surface area contributed by atoms with E-state index in [1.165, 1.54) is 18.3 Å². The Balaban J connectivity index is 0.586. The number of ketones is 2. The van der Waals surface area contributed by atoms with Crippen LogP contribution in [0.25, 0.3) is 33.4 Å². The summed E-state index contributed by atoms with van der Waals surface area (Å²) >= 11 is 0. The van der Waals surface area contributed by atoms with Gasteiger partial charge in [-0.25, -0.2) is 39.4 Å². The molecule has 0 radical (unpaired) electrons. The number of anilines is 4. The normalized spacial score (nSPS) is 28.7. The van der Waals surface area contributed by atoms with Crippen molar-refractivity contribution < 1.29 is 86.9 Å². The van der Waals surface area contributed by atoms with Gasteiger partial charge in [-0.2, -0.15) is 10.1 Å². The fourth-order valence-electron chi connectivity index (χ4n) is 18.3. The number of nitrogens with zero attached hydrogens (tertiary/aromatic N) is 15. The minimum absolute atomic E-state index is 0.0163. The smallest absolute Gasteiger partial charge is 0.329 e. The highest BCUT2D eigenvalue weighted by Gasteiger charge is 2.53. The molecule has 36 heteroatoms. The number of aliphatic hydroxyl groups is 4. The van der Waals surface area contributed by atoms with Gasteiger partial charge in [0.2, 0.25) is 23.6 Å². The van der Waals surface area contributed by atoms with Crippen LogP contribution in [-0.4, -0.2) is 295 Å². The van der Waals surface area contributed by atoms with Crippen LogP contribution in [-0.2, 0) is 70.2 Å². The average Bonchev–Trinajstić information content (AvgIpc) is 1.75. The number of carbonyl (C=O) groups excluding carboxylic acids is 6. The molecule has 6 aliphatic rings. The van der Waals surface area contributed by atoms with Crippen LogP contribution in [0.3, 0.4) is 0 Å². The van der Waals surface area contributed by atoms with Gasteiger partial charge in [0.1, 0.15) is 47.7 Å². The summed E-state index contributed by atoms with van der Waals surface area (Å²) in [5, 5.41) is 60.5. The average molecular weight is 1790 g/mol. The topological polar surface area (TPSA) is 462 Å². The first-order chi connectivity index (χ1) is 62.1. The molecule has 129 heavy (non-hydrogen) atoms. The number of unbranched alkanes of at least 4 members (excludes halogenated alkanes) is 1. The van der Waals surface area contributed by atoms with Crippen molar-refractivity contribution in [2.24, 2.45) is 40.7 Å². The number of esters is 1. The van der Waals surface area contributed by atoms with E-state index >= 15 is 0 Å². The van der Waals surface area contributed by atoms with E-state index in [1.807, 2.05) is 73.1 Å². The predicted molar refractivity (Wildman–Crippen MR) is 484 cm³/mol. The van der Waals surface area contributed by atoms with E-state index in [2.05, 4.69) is 62.1 Å². The molecule has 0 unspecified atom stereocenters. The van der Waals surface area contributed by atoms with Crippen molar-refractivity contribution in [2.75, 3.05) is 134 Å². The number of rotatable bonds is 27. The maximum atomic E-state index is 14.8. The zero-order valence-corrected chi connectivity index (χ0v) is 76.2. The zero-order chi connectivity index (χ0) is 92.0. The number of ether oxygens (including phenoxy) is 6. The van der Waals surface area contributed by atoms with Gasteiger partial charge in [-0.15, -0.1) is 0 Å². The Morgan fingerprint density at radius 1 is 0.752 bits per heavy atom. The maximum Gasteiger partial charge on any atom is 0.329 e. The van der Waals surface area contributed by atoms with Crippen molar-refractivity contribution in [3.63, 3.8) is 0 Å². The second-order valence-corrected chi connectivity index (χ2v) is 35.7. The van der Waals surface area contributed by atoms with Gasteiger partial charge < -0.3 is 94.5 Å². The van der Waals surface area contributed by atoms with Gasteiger partial charge in [0.25, 0.3) is 23.6 Å². The molecule has 4 saturated heterocycles. The molecule has 12 rings (SSSR count). The van der Waals surface area contributed by atoms with Crippen LogP contribution in [0.4, 0.5) is 23.7 Å². The highest BCUT2D eigenvalue weighted by Crippen LogP contribution is 2.40. The number of oxazole rings is 1. The number of aromatic nitrogens is 9. The number of Topliss-reactive ketones (excluding diaryl/α,β-unsaturated/α-hetero) is 2. The number of amides is 3. The van der Waals surface area contributed by atoms with E-state index in [-0.39, 0.29) is 98.6 Å². The molecule has 5 aromatic heterocycles. The molecule has 10 heterocycles. The molecular formula is C93H132N18O18. The van der Waals surface area contributed by atoms with Crippen LogP contribution in [0.2, 0.25) is 0 Å². The molecule has 36 nitrogen and oxygen atoms in total. The lowest BCUT2D eigenvalue weighted by Crippen LogP contribution is -2.61. The Morgan fingerprint density at radius 3 is 2.22 bits per heavy atom. The number of oxime groups is 1. The second-order valence-electron chi connectivity index (χ2n) is 35.7. The second kappa shape index (κ2) is 46.6. The third-order valence-corrected chi connectivity index (χ3v) is 26.3. The molecule has 2 bridgehead atoms. The first kappa shape index (κ1) is 97.9. The molecule has 9 N–H and O–H groups in total. The minimum Gasteiger partial charge on any atom is -0.460 e. The Bertz CT molecular complexity index is 4890. The molecule has 702 valence electrons. The summed E-state index contributed by atoms with van der Waals surface area (Å²) in [4.78, 5) is 131. The standard InChI is InChI=1S/C93H132N18O18/c1-57-18-12-11-13-19-58(2)75(122-8)49-69-26-21-63(7)93(121,129-69)84(117)88(119)110-31-16-14-20-71(110)89(120)127-76(60(4)46-64-23-27-72(113)77(47-64)123-9)50-73(114)59(3)45-62(6)82(116)83(124-10)80(61(5)44-57)105-126-55-68(112)25-22-65-51-97-91(98-52-65)109-39-37-107(38-40-109)78(115)29-42-125-43-41-106-33-35-108(36-34-106)92-99-53-67(54-100-92)87(118)96-30-15-17-32-111-86-79(85(94)101-56-102-86)81(104-111)66-24-28-74-70(48-66)103-90(95)128-74/h11-13,18-19,24,28,45,48,51-54,56-57,59-61,63-64,69,71-73,75-77,82-83,113-114,116,121H,14-17,20-23,25-27,29-44,46-47,49-50,55H2,1-10H3,(H2,95,103)(H,96,118)(H2,94,101,102)/b13-11+,18-12+,58-19+,62-45+,105-80?/t57-,59-,60-,61-,63-,64+,69+,71+,72-,73-,75+,76+,77-,82-,83+,93-/m1/s1. The van der Waals surface area contributed by atoms with Gasteiger partial charge in [-0.3, -0.25) is 28.9 Å². The largest absolute Gasteiger partial charge is 0.460 e. The van der Waals surface area contributed by atoms with Crippen molar-refractivity contribution in [3.05, 3.63) is 108 Å². The lowest BCUT2D eigenvalue weighted by Gasteiger charge is -2.43. The van der Waals surface area contributed by atoms with E-state index in [1.54, 1.807) is 76.6 Å². The summed E-state index contributed by atoms with van der Waals surface area (Å²) in [7, 11) is 4.61. The highest BCUT2D eigenvalue weighted by molar-refractivity contribution is 6.39. The highest BCUT2D eigenvalue weighted by atomic mass is 16.6. The predicted octanol–water partition coefficient (Wildman–Crippen LogP) is 7.76. The maximum absolute atomic E-state index is 14.8. The number of piperidine rings is 1. The number of cyclic esters (lactones) is 1. The molecule has 3 amide bonds. The van der Waals surface area contributed by atoms with Crippen molar-refractivity contribution in [1.29, 1.82) is 0 Å². The molecule has 6 aromatic rings. The van der Waals surface area contributed by atoms with Crippen molar-refractivity contribution in [1.82, 2.24) is 64.7 Å². The number of aliphatic hydroxyl groups excluding tert-OH is 3. The van der Waals surface area contributed by atoms with Crippen molar-refractivity contribution >= 4 is 86.8 Å². The fraction of sp³-hybridized carbons (Fsp3) is 0.624. The number of nitrogens with one attached hydrogen (secondary N) is 1. The third kappa shape index (κ3) is 25.7. The summed E-state index contributed by atoms with van der Waals surface area (Å²) < 4.78 is 43.6. The number of hydrogen-bond donors (Lipinski definition) is 7. The number of nitrogen functional groups attached to an aromatic ring is 2. The fourth-order valence-corrected chi connectivity index (χ4v) is 18.3. The van der Waals surface area contributed by atoms with Gasteiger partial charge in [0.05, 0.1) is 66.8 Å². The number of methoxy groups -OCH3 is 3. The van der Waals surface area contributed by atoms with Gasteiger partial charge in [-0.1, -0.05) is 76.2 Å². The quantitative estimate of drug-likeness (QED) is 0.00851. The molecule has 1 aliphatic carbocycles. The summed E-state index contributed by atoms with van der Waals surface area (Å²) in [6.45, 7) is 20.3. The van der Waals surface area contributed by atoms with Gasteiger partial charge in [-0.05, 0) is 150 Å². The summed E-state index contributed by atoms with van der Waals surface area (Å²) in [6, 6.07) is 4.39. The zero-order valence-electron chi connectivity index (χ0n) is 76.2. The number of piperazine rings is 2. The molecule has 0 spiro atoms. The van der Waals surface area contributed by atoms with Crippen LogP contribution in [0.1, 0.15) is 167 Å². The van der Waals surface area contributed by atoms with E-state index in [0.29, 0.717) is 212 Å². The van der Waals surface area contributed by atoms with Crippen molar-refractivity contribution in [3.8, 4) is 11.3 Å². The first-order valence-electron chi connectivity index (χ1n) is 45.7. The molecular weight excluding hydrogens is 1660 g/mol. The summed E-state index contributed by atoms with van der Waals surface area (Å²) in [5.74, 6) is -6.50. The Kier molecular flexibility index (Phi) is 35.4. The number of hydrogen-bond acceptors (Lipinski definition) is 32. The number of allylic oxidation sites excluding steroid dienone is 5. The van der Waals surface area contributed by atoms with Crippen LogP contribution in [0.15, 0.2) is 106 Å². The van der Waals surface area contributed by atoms with Crippen LogP contribution < -0.4 is 26.6 Å². The lowest BCUT2D eigenvalue weighted by molar-refractivity contribution is -0.265. The van der Waals surface area contributed by atoms with Gasteiger partial charge in [0, 0.05) is 167 Å². The van der Waals surface area contributed by atoms with Crippen LogP contribution >= 0.6 is 0 Å². The van der Waals surface area contributed by atoms with Gasteiger partial charge >= 0.3 is 5.97 Å². The summed E-state index contributed by atoms with van der Waals surface area (Å²) in [5.41, 5.74) is 18.0. The number of benzene rings is 1. The minimum atomic E-state index is -2.47. The van der Waals surface area contributed by atoms with Crippen LogP contribution in [0, 0.1) is 35.5 Å². The first-order valence-corrected chi connectivity index (χ1v) is 45.7. The number of fused-ring (bicyclic) bond motifs is 5. The van der Waals surface area contributed by atoms with E-state index < -0.39 is 84.1 Å².